The molecule has 48 heavy (non-hydrogen) atoms. The number of carbonyl (C=O) groups excluding carboxylic acids is 5. The van der Waals surface area contributed by atoms with E-state index in [1.165, 1.54) is 11.9 Å². The van der Waals surface area contributed by atoms with E-state index in [0.29, 0.717) is 25.3 Å². The molecule has 1 heterocycles. The lowest BCUT2D eigenvalue weighted by Gasteiger charge is -2.33. The van der Waals surface area contributed by atoms with Crippen LogP contribution >= 0.6 is 11.8 Å². The van der Waals surface area contributed by atoms with E-state index in [1.54, 1.807) is 11.8 Å². The largest absolute Gasteiger partial charge is 0.344 e. The number of nitrogens with one attached hydrogen (secondary N) is 2. The standard InChI is InChI=1S/C38H46N4O5S/c1-28(37(46)42-23-13-6-14-24-42)39-36(45)33(25-30-17-9-4-10-18-30)41(2)38(47)32(26-35(44)48-27-31-19-11-5-12-20-31)40-34(43)22-21-29-15-7-3-8-16-29/h3-5,7-12,15-20,28,32-33H,6,13-14,21-27H2,1-2H3,(H,39,45)(H,40,43)/t28-,32-,33-/m0/s1. The molecule has 0 saturated carbocycles. The van der Waals surface area contributed by atoms with Crippen molar-refractivity contribution in [2.75, 3.05) is 20.1 Å². The average molecular weight is 671 g/mol. The molecule has 0 aliphatic carbocycles. The summed E-state index contributed by atoms with van der Waals surface area (Å²) < 4.78 is 0. The number of amides is 4. The van der Waals surface area contributed by atoms with Crippen molar-refractivity contribution in [2.45, 2.75) is 75.7 Å². The number of piperidine rings is 1. The Kier molecular flexibility index (Phi) is 14.2. The molecule has 1 fully saturated rings. The molecule has 4 rings (SSSR count). The van der Waals surface area contributed by atoms with Crippen LogP contribution < -0.4 is 10.6 Å². The third-order valence-corrected chi connectivity index (χ3v) is 9.48. The molecule has 0 unspecified atom stereocenters. The van der Waals surface area contributed by atoms with Crippen molar-refractivity contribution < 1.29 is 24.0 Å². The number of likely N-dealkylation sites (tertiary alicyclic amines) is 1. The Balaban J connectivity index is 1.50. The van der Waals surface area contributed by atoms with Gasteiger partial charge in [0.25, 0.3) is 0 Å². The molecular formula is C38H46N4O5S. The molecule has 0 radical (unpaired) electrons. The molecule has 254 valence electrons. The number of carbonyl (C=O) groups is 5. The summed E-state index contributed by atoms with van der Waals surface area (Å²) in [7, 11) is 1.51. The number of hydrogen-bond acceptors (Lipinski definition) is 6. The van der Waals surface area contributed by atoms with Gasteiger partial charge in [-0.3, -0.25) is 24.0 Å². The molecule has 1 aliphatic heterocycles. The van der Waals surface area contributed by atoms with Crippen LogP contribution in [0.2, 0.25) is 0 Å². The van der Waals surface area contributed by atoms with Crippen LogP contribution in [0, 0.1) is 0 Å². The maximum atomic E-state index is 14.2. The highest BCUT2D eigenvalue weighted by molar-refractivity contribution is 8.12. The molecule has 0 spiro atoms. The summed E-state index contributed by atoms with van der Waals surface area (Å²) in [5, 5.41) is 5.40. The second-order valence-corrected chi connectivity index (χ2v) is 13.3. The number of aryl methyl sites for hydroxylation is 1. The summed E-state index contributed by atoms with van der Waals surface area (Å²) in [5.41, 5.74) is 2.77. The van der Waals surface area contributed by atoms with Gasteiger partial charge in [-0.2, -0.15) is 0 Å². The zero-order valence-electron chi connectivity index (χ0n) is 27.8. The highest BCUT2D eigenvalue weighted by atomic mass is 32.2. The quantitative estimate of drug-likeness (QED) is 0.246. The summed E-state index contributed by atoms with van der Waals surface area (Å²) in [6.45, 7) is 2.98. The molecule has 10 heteroatoms. The molecule has 1 aliphatic rings. The van der Waals surface area contributed by atoms with Gasteiger partial charge in [0.2, 0.25) is 23.6 Å². The number of likely N-dealkylation sites (N-methyl/N-ethyl adjacent to an activating group) is 1. The van der Waals surface area contributed by atoms with Crippen LogP contribution in [0.1, 0.15) is 55.7 Å². The highest BCUT2D eigenvalue weighted by Crippen LogP contribution is 2.18. The monoisotopic (exact) mass is 670 g/mol. The first-order valence-corrected chi connectivity index (χ1v) is 17.6. The number of rotatable bonds is 15. The molecule has 2 N–H and O–H groups in total. The van der Waals surface area contributed by atoms with Gasteiger partial charge < -0.3 is 20.4 Å². The van der Waals surface area contributed by atoms with E-state index in [2.05, 4.69) is 10.6 Å². The average Bonchev–Trinajstić information content (AvgIpc) is 3.12. The predicted molar refractivity (Wildman–Crippen MR) is 189 cm³/mol. The van der Waals surface area contributed by atoms with Crippen molar-refractivity contribution in [3.8, 4) is 0 Å². The van der Waals surface area contributed by atoms with Gasteiger partial charge in [0.05, 0.1) is 0 Å². The Morgan fingerprint density at radius 2 is 1.33 bits per heavy atom. The first-order chi connectivity index (χ1) is 23.2. The van der Waals surface area contributed by atoms with E-state index in [1.807, 2.05) is 91.0 Å². The van der Waals surface area contributed by atoms with E-state index < -0.39 is 29.9 Å². The summed E-state index contributed by atoms with van der Waals surface area (Å²) in [4.78, 5) is 70.6. The lowest BCUT2D eigenvalue weighted by molar-refractivity contribution is -0.144. The zero-order chi connectivity index (χ0) is 34.3. The SMILES string of the molecule is C[C@H](NC(=O)[C@H](Cc1ccccc1)N(C)C(=O)[C@H](CC(=O)SCc1ccccc1)NC(=O)CCc1ccccc1)C(=O)N1CCCCC1. The maximum absolute atomic E-state index is 14.2. The molecule has 3 aromatic rings. The van der Waals surface area contributed by atoms with Crippen molar-refractivity contribution in [3.05, 3.63) is 108 Å². The normalized spacial score (nSPS) is 14.7. The molecule has 0 bridgehead atoms. The number of benzene rings is 3. The fourth-order valence-corrected chi connectivity index (χ4v) is 6.54. The van der Waals surface area contributed by atoms with Gasteiger partial charge in [0.1, 0.15) is 18.1 Å². The molecule has 1 saturated heterocycles. The fraction of sp³-hybridized carbons (Fsp3) is 0.395. The zero-order valence-corrected chi connectivity index (χ0v) is 28.6. The number of thioether (sulfide) groups is 1. The summed E-state index contributed by atoms with van der Waals surface area (Å²) in [6, 6.07) is 25.5. The van der Waals surface area contributed by atoms with Gasteiger partial charge >= 0.3 is 0 Å². The lowest BCUT2D eigenvalue weighted by atomic mass is 10.0. The molecule has 4 amide bonds. The topological polar surface area (TPSA) is 116 Å². The maximum Gasteiger partial charge on any atom is 0.246 e. The van der Waals surface area contributed by atoms with Crippen LogP contribution in [0.5, 0.6) is 0 Å². The Labute approximate surface area is 287 Å². The minimum absolute atomic E-state index is 0.132. The minimum atomic E-state index is -1.17. The Bertz CT molecular complexity index is 1440. The van der Waals surface area contributed by atoms with Crippen LogP contribution in [0.15, 0.2) is 91.0 Å². The van der Waals surface area contributed by atoms with Crippen LogP contribution in [0.3, 0.4) is 0 Å². The minimum Gasteiger partial charge on any atom is -0.344 e. The highest BCUT2D eigenvalue weighted by Gasteiger charge is 2.35. The van der Waals surface area contributed by atoms with E-state index in [-0.39, 0.29) is 36.2 Å². The van der Waals surface area contributed by atoms with E-state index in [4.69, 9.17) is 0 Å². The van der Waals surface area contributed by atoms with Gasteiger partial charge in [-0.25, -0.2) is 0 Å². The summed E-state index contributed by atoms with van der Waals surface area (Å²) in [6.07, 6.45) is 3.50. The first-order valence-electron chi connectivity index (χ1n) is 16.6. The van der Waals surface area contributed by atoms with Crippen LogP contribution in [-0.2, 0) is 42.6 Å². The Morgan fingerprint density at radius 3 is 1.94 bits per heavy atom. The number of nitrogens with zero attached hydrogens (tertiary/aromatic N) is 2. The van der Waals surface area contributed by atoms with E-state index >= 15 is 0 Å². The van der Waals surface area contributed by atoms with Crippen molar-refractivity contribution in [2.24, 2.45) is 0 Å². The summed E-state index contributed by atoms with van der Waals surface area (Å²) in [5.74, 6) is -1.12. The van der Waals surface area contributed by atoms with E-state index in [9.17, 15) is 24.0 Å². The second kappa shape index (κ2) is 18.8. The van der Waals surface area contributed by atoms with Gasteiger partial charge in [-0.15, -0.1) is 0 Å². The molecule has 3 aromatic carbocycles. The van der Waals surface area contributed by atoms with Gasteiger partial charge in [-0.1, -0.05) is 103 Å². The summed E-state index contributed by atoms with van der Waals surface area (Å²) >= 11 is 1.08. The fourth-order valence-electron chi connectivity index (χ4n) is 5.73. The van der Waals surface area contributed by atoms with E-state index in [0.717, 1.165) is 47.7 Å². The van der Waals surface area contributed by atoms with Crippen LogP contribution in [-0.4, -0.2) is 76.8 Å². The molecular weight excluding hydrogens is 625 g/mol. The van der Waals surface area contributed by atoms with Crippen molar-refractivity contribution in [1.82, 2.24) is 20.4 Å². The van der Waals surface area contributed by atoms with Crippen molar-refractivity contribution in [3.63, 3.8) is 0 Å². The third kappa shape index (κ3) is 11.4. The van der Waals surface area contributed by atoms with Crippen LogP contribution in [0.25, 0.3) is 0 Å². The molecule has 3 atom stereocenters. The predicted octanol–water partition coefficient (Wildman–Crippen LogP) is 4.54. The van der Waals surface area contributed by atoms with Crippen molar-refractivity contribution >= 4 is 40.5 Å². The molecule has 9 nitrogen and oxygen atoms in total. The molecule has 0 aromatic heterocycles. The van der Waals surface area contributed by atoms with Gasteiger partial charge in [0, 0.05) is 45.2 Å². The lowest BCUT2D eigenvalue weighted by Crippen LogP contribution is -2.58. The van der Waals surface area contributed by atoms with Gasteiger partial charge in [0.15, 0.2) is 5.12 Å². The number of hydrogen-bond donors (Lipinski definition) is 2. The first kappa shape index (κ1) is 36.4. The Morgan fingerprint density at radius 1 is 0.771 bits per heavy atom. The second-order valence-electron chi connectivity index (χ2n) is 12.2. The van der Waals surface area contributed by atoms with Crippen LogP contribution in [0.4, 0.5) is 0 Å². The van der Waals surface area contributed by atoms with Crippen molar-refractivity contribution in [1.29, 1.82) is 0 Å². The third-order valence-electron chi connectivity index (χ3n) is 8.52. The van der Waals surface area contributed by atoms with Gasteiger partial charge in [-0.05, 0) is 49.3 Å². The smallest absolute Gasteiger partial charge is 0.246 e. The Hall–Kier alpha value is -4.44.